The molecule has 97 valence electrons. The summed E-state index contributed by atoms with van der Waals surface area (Å²) in [6, 6.07) is 16.9. The number of nitrogens with one attached hydrogen (secondary N) is 2. The molecule has 0 aromatic heterocycles. The highest BCUT2D eigenvalue weighted by Crippen LogP contribution is 2.05. The summed E-state index contributed by atoms with van der Waals surface area (Å²) in [5.74, 6) is -0.210. The molecule has 2 rings (SSSR count). The monoisotopic (exact) mass is 273 g/mol. The first-order valence-electron chi connectivity index (χ1n) is 5.99. The van der Waals surface area contributed by atoms with Crippen molar-refractivity contribution in [3.8, 4) is 0 Å². The second-order valence-corrected chi connectivity index (χ2v) is 4.46. The highest BCUT2D eigenvalue weighted by atomic mass is 32.1. The minimum Gasteiger partial charge on any atom is -0.362 e. The topological polar surface area (TPSA) is 24.1 Å². The summed E-state index contributed by atoms with van der Waals surface area (Å²) in [6.07, 6.45) is 0.724. The predicted molar refractivity (Wildman–Crippen MR) is 79.6 cm³/mol. The van der Waals surface area contributed by atoms with Crippen molar-refractivity contribution in [3.05, 3.63) is 66.0 Å². The molecule has 0 atom stereocenters. The lowest BCUT2D eigenvalue weighted by Crippen LogP contribution is -2.30. The van der Waals surface area contributed by atoms with Gasteiger partial charge in [0.1, 0.15) is 5.82 Å². The number of hydrogen-bond donors (Lipinski definition) is 2. The van der Waals surface area contributed by atoms with Crippen molar-refractivity contribution in [2.24, 2.45) is 0 Å². The van der Waals surface area contributed by atoms with E-state index in [1.165, 1.54) is 12.1 Å². The van der Waals surface area contributed by atoms with Gasteiger partial charge in [-0.2, -0.15) is 0 Å². The maximum atomic E-state index is 13.0. The van der Waals surface area contributed by atoms with Gasteiger partial charge < -0.3 is 10.6 Å². The van der Waals surface area contributed by atoms with Gasteiger partial charge in [0.2, 0.25) is 0 Å². The Labute approximate surface area is 117 Å². The molecule has 2 aromatic rings. The maximum absolute atomic E-state index is 13.0. The molecule has 0 saturated carbocycles. The van der Waals surface area contributed by atoms with Crippen LogP contribution in [0.25, 0.3) is 0 Å². The summed E-state index contributed by atoms with van der Waals surface area (Å²) in [5.41, 5.74) is 1.87. The molecule has 1 radical (unpaired) electrons. The average Bonchev–Trinajstić information content (AvgIpc) is 2.40. The first-order valence-corrected chi connectivity index (χ1v) is 6.40. The Morgan fingerprint density at radius 3 is 2.74 bits per heavy atom. The smallest absolute Gasteiger partial charge is 0.170 e. The molecule has 0 aliphatic carbocycles. The summed E-state index contributed by atoms with van der Waals surface area (Å²) in [7, 11) is 0. The van der Waals surface area contributed by atoms with Gasteiger partial charge in [-0.05, 0) is 54.5 Å². The van der Waals surface area contributed by atoms with Gasteiger partial charge >= 0.3 is 0 Å². The molecule has 0 saturated heterocycles. The van der Waals surface area contributed by atoms with E-state index >= 15 is 0 Å². The maximum Gasteiger partial charge on any atom is 0.170 e. The van der Waals surface area contributed by atoms with Crippen LogP contribution in [0.2, 0.25) is 0 Å². The molecule has 2 nitrogen and oxygen atoms in total. The van der Waals surface area contributed by atoms with Crippen LogP contribution in [0.1, 0.15) is 5.56 Å². The fraction of sp³-hybridized carbons (Fsp3) is 0.133. The minimum absolute atomic E-state index is 0.210. The number of hydrogen-bond acceptors (Lipinski definition) is 1. The Hall–Kier alpha value is -1.94. The van der Waals surface area contributed by atoms with Gasteiger partial charge in [-0.1, -0.05) is 24.3 Å². The third-order valence-electron chi connectivity index (χ3n) is 2.56. The molecule has 19 heavy (non-hydrogen) atoms. The van der Waals surface area contributed by atoms with Crippen molar-refractivity contribution in [2.75, 3.05) is 11.9 Å². The fourth-order valence-electron chi connectivity index (χ4n) is 1.66. The summed E-state index contributed by atoms with van der Waals surface area (Å²) < 4.78 is 13.0. The van der Waals surface area contributed by atoms with Gasteiger partial charge in [0.05, 0.1) is 0 Å². The van der Waals surface area contributed by atoms with Crippen LogP contribution in [0.15, 0.2) is 48.5 Å². The Morgan fingerprint density at radius 1 is 1.21 bits per heavy atom. The van der Waals surface area contributed by atoms with Gasteiger partial charge in [-0.3, -0.25) is 0 Å². The lowest BCUT2D eigenvalue weighted by molar-refractivity contribution is 0.625. The number of rotatable bonds is 4. The third-order valence-corrected chi connectivity index (χ3v) is 2.81. The molecular weight excluding hydrogens is 259 g/mol. The van der Waals surface area contributed by atoms with Crippen LogP contribution < -0.4 is 10.6 Å². The summed E-state index contributed by atoms with van der Waals surface area (Å²) in [4.78, 5) is 0. The summed E-state index contributed by atoms with van der Waals surface area (Å²) in [6.45, 7) is 0.661. The molecule has 2 N–H and O–H groups in total. The largest absolute Gasteiger partial charge is 0.362 e. The number of thiocarbonyl (C=S) groups is 1. The molecule has 0 aliphatic rings. The number of halogens is 1. The zero-order valence-corrected chi connectivity index (χ0v) is 11.1. The molecule has 2 aromatic carbocycles. The van der Waals surface area contributed by atoms with Crippen LogP contribution in [0, 0.1) is 11.9 Å². The molecule has 0 heterocycles. The zero-order chi connectivity index (χ0) is 13.5. The van der Waals surface area contributed by atoms with E-state index in [4.69, 9.17) is 12.2 Å². The van der Waals surface area contributed by atoms with Crippen molar-refractivity contribution in [1.29, 1.82) is 0 Å². The normalized spacial score (nSPS) is 9.95. The lowest BCUT2D eigenvalue weighted by atomic mass is 10.1. The Kier molecular flexibility index (Phi) is 4.86. The van der Waals surface area contributed by atoms with Gasteiger partial charge in [0.15, 0.2) is 5.11 Å². The van der Waals surface area contributed by atoms with Crippen molar-refractivity contribution >= 4 is 23.0 Å². The van der Waals surface area contributed by atoms with Crippen LogP contribution in [-0.4, -0.2) is 11.7 Å². The minimum atomic E-state index is -0.210. The Bertz CT molecular complexity index is 543. The average molecular weight is 273 g/mol. The van der Waals surface area contributed by atoms with Gasteiger partial charge in [0, 0.05) is 12.2 Å². The molecular formula is C15H14FN2S. The number of benzene rings is 2. The molecule has 0 spiro atoms. The lowest BCUT2D eigenvalue weighted by Gasteiger charge is -2.10. The second kappa shape index (κ2) is 6.85. The first kappa shape index (κ1) is 13.5. The first-order chi connectivity index (χ1) is 9.24. The van der Waals surface area contributed by atoms with Crippen molar-refractivity contribution < 1.29 is 4.39 Å². The van der Waals surface area contributed by atoms with Crippen LogP contribution in [-0.2, 0) is 6.42 Å². The van der Waals surface area contributed by atoms with Crippen LogP contribution in [0.3, 0.4) is 0 Å². The quantitative estimate of drug-likeness (QED) is 0.837. The van der Waals surface area contributed by atoms with Crippen molar-refractivity contribution in [3.63, 3.8) is 0 Å². The number of anilines is 1. The molecule has 0 amide bonds. The Morgan fingerprint density at radius 2 is 2.00 bits per heavy atom. The van der Waals surface area contributed by atoms with Gasteiger partial charge in [-0.25, -0.2) is 4.39 Å². The highest BCUT2D eigenvalue weighted by molar-refractivity contribution is 7.80. The fourth-order valence-corrected chi connectivity index (χ4v) is 1.88. The molecule has 4 heteroatoms. The van der Waals surface area contributed by atoms with Crippen LogP contribution in [0.4, 0.5) is 10.1 Å². The summed E-state index contributed by atoms with van der Waals surface area (Å²) in [5, 5.41) is 6.71. The summed E-state index contributed by atoms with van der Waals surface area (Å²) >= 11 is 5.17. The SMILES string of the molecule is Fc1cccc(CCNC(=S)Nc2cc[c]cc2)c1. The van der Waals surface area contributed by atoms with Crippen LogP contribution in [0.5, 0.6) is 0 Å². The molecule has 0 aliphatic heterocycles. The molecule has 0 fully saturated rings. The van der Waals surface area contributed by atoms with E-state index in [9.17, 15) is 4.39 Å². The second-order valence-electron chi connectivity index (χ2n) is 4.05. The zero-order valence-electron chi connectivity index (χ0n) is 10.3. The Balaban J connectivity index is 1.75. The van der Waals surface area contributed by atoms with E-state index in [2.05, 4.69) is 16.7 Å². The van der Waals surface area contributed by atoms with Crippen LogP contribution >= 0.6 is 12.2 Å². The van der Waals surface area contributed by atoms with E-state index in [-0.39, 0.29) is 5.82 Å². The third kappa shape index (κ3) is 4.67. The van der Waals surface area contributed by atoms with E-state index in [0.717, 1.165) is 17.7 Å². The predicted octanol–water partition coefficient (Wildman–Crippen LogP) is 3.15. The van der Waals surface area contributed by atoms with Gasteiger partial charge in [-0.15, -0.1) is 0 Å². The van der Waals surface area contributed by atoms with Crippen molar-refractivity contribution in [2.45, 2.75) is 6.42 Å². The van der Waals surface area contributed by atoms with Crippen molar-refractivity contribution in [1.82, 2.24) is 5.32 Å². The standard InChI is InChI=1S/C15H14FN2S/c16-13-6-4-5-12(11-13)9-10-17-15(19)18-14-7-2-1-3-8-14/h2-8,11H,9-10H2,(H2,17,18,19). The molecule has 0 unspecified atom stereocenters. The van der Waals surface area contributed by atoms with Gasteiger partial charge in [0.25, 0.3) is 0 Å². The van der Waals surface area contributed by atoms with E-state index in [1.807, 2.05) is 30.3 Å². The van der Waals surface area contributed by atoms with E-state index in [1.54, 1.807) is 6.07 Å². The highest BCUT2D eigenvalue weighted by Gasteiger charge is 1.98. The van der Waals surface area contributed by atoms with E-state index < -0.39 is 0 Å². The molecule has 0 bridgehead atoms. The van der Waals surface area contributed by atoms with E-state index in [0.29, 0.717) is 11.7 Å².